The van der Waals surface area contributed by atoms with E-state index in [1.54, 1.807) is 30.1 Å². The van der Waals surface area contributed by atoms with Crippen LogP contribution in [0.1, 0.15) is 40.8 Å². The van der Waals surface area contributed by atoms with Gasteiger partial charge in [-0.1, -0.05) is 24.6 Å². The van der Waals surface area contributed by atoms with Gasteiger partial charge in [0, 0.05) is 17.0 Å². The molecular weight excluding hydrogens is 349 g/mol. The predicted octanol–water partition coefficient (Wildman–Crippen LogP) is 4.10. The molecule has 1 aromatic carbocycles. The number of benzene rings is 1. The molecule has 0 saturated heterocycles. The van der Waals surface area contributed by atoms with E-state index < -0.39 is 0 Å². The number of hydrogen-bond acceptors (Lipinski definition) is 4. The molecule has 0 bridgehead atoms. The van der Waals surface area contributed by atoms with E-state index in [-0.39, 0.29) is 18.3 Å². The molecule has 1 aliphatic rings. The SMILES string of the molecule is CN(CC(=O)Nc1sc2c(c1C#N)CCCCC2)Cc1ccccc1F. The lowest BCUT2D eigenvalue weighted by Gasteiger charge is -2.16. The Morgan fingerprint density at radius 1 is 1.31 bits per heavy atom. The van der Waals surface area contributed by atoms with Gasteiger partial charge in [0.25, 0.3) is 0 Å². The molecule has 0 aliphatic heterocycles. The monoisotopic (exact) mass is 371 g/mol. The summed E-state index contributed by atoms with van der Waals surface area (Å²) >= 11 is 1.53. The summed E-state index contributed by atoms with van der Waals surface area (Å²) in [6.07, 6.45) is 5.32. The van der Waals surface area contributed by atoms with E-state index in [2.05, 4.69) is 11.4 Å². The first-order valence-electron chi connectivity index (χ1n) is 8.85. The summed E-state index contributed by atoms with van der Waals surface area (Å²) in [4.78, 5) is 15.4. The Morgan fingerprint density at radius 3 is 2.85 bits per heavy atom. The van der Waals surface area contributed by atoms with Crippen LogP contribution in [0.5, 0.6) is 0 Å². The molecule has 0 fully saturated rings. The van der Waals surface area contributed by atoms with Gasteiger partial charge in [0.05, 0.1) is 12.1 Å². The van der Waals surface area contributed by atoms with Crippen LogP contribution in [-0.4, -0.2) is 24.4 Å². The topological polar surface area (TPSA) is 56.1 Å². The van der Waals surface area contributed by atoms with Crippen molar-refractivity contribution in [2.75, 3.05) is 18.9 Å². The summed E-state index contributed by atoms with van der Waals surface area (Å²) in [5.74, 6) is -0.453. The Balaban J connectivity index is 1.65. The second-order valence-electron chi connectivity index (χ2n) is 6.69. The number of carbonyl (C=O) groups excluding carboxylic acids is 1. The highest BCUT2D eigenvalue weighted by molar-refractivity contribution is 7.16. The molecule has 0 saturated carbocycles. The number of hydrogen-bond donors (Lipinski definition) is 1. The standard InChI is InChI=1S/C20H22FN3OS/c1-24(12-14-7-5-6-9-17(14)21)13-19(25)23-20-16(11-22)15-8-3-2-4-10-18(15)26-20/h5-7,9H,2-4,8,10,12-13H2,1H3,(H,23,25). The summed E-state index contributed by atoms with van der Waals surface area (Å²) in [7, 11) is 1.78. The van der Waals surface area contributed by atoms with E-state index in [1.807, 2.05) is 0 Å². The second-order valence-corrected chi connectivity index (χ2v) is 7.80. The van der Waals surface area contributed by atoms with Gasteiger partial charge < -0.3 is 5.32 Å². The molecular formula is C20H22FN3OS. The molecule has 1 amide bonds. The van der Waals surface area contributed by atoms with E-state index in [0.29, 0.717) is 22.7 Å². The highest BCUT2D eigenvalue weighted by Gasteiger charge is 2.21. The first-order valence-corrected chi connectivity index (χ1v) is 9.66. The van der Waals surface area contributed by atoms with Crippen molar-refractivity contribution in [3.63, 3.8) is 0 Å². The van der Waals surface area contributed by atoms with Gasteiger partial charge in [-0.25, -0.2) is 4.39 Å². The average molecular weight is 371 g/mol. The van der Waals surface area contributed by atoms with E-state index in [9.17, 15) is 14.4 Å². The van der Waals surface area contributed by atoms with Gasteiger partial charge in [0.2, 0.25) is 5.91 Å². The lowest BCUT2D eigenvalue weighted by atomic mass is 10.1. The first kappa shape index (κ1) is 18.6. The number of carbonyl (C=O) groups is 1. The summed E-state index contributed by atoms with van der Waals surface area (Å²) < 4.78 is 13.7. The van der Waals surface area contributed by atoms with Crippen LogP contribution in [-0.2, 0) is 24.2 Å². The van der Waals surface area contributed by atoms with Crippen LogP contribution in [0.15, 0.2) is 24.3 Å². The van der Waals surface area contributed by atoms with E-state index in [0.717, 1.165) is 31.2 Å². The van der Waals surface area contributed by atoms with Gasteiger partial charge in [-0.05, 0) is 44.4 Å². The number of nitrogens with zero attached hydrogens (tertiary/aromatic N) is 2. The van der Waals surface area contributed by atoms with Gasteiger partial charge in [-0.2, -0.15) is 5.26 Å². The van der Waals surface area contributed by atoms with Crippen LogP contribution in [0.3, 0.4) is 0 Å². The van der Waals surface area contributed by atoms with Crippen LogP contribution in [0, 0.1) is 17.1 Å². The number of nitriles is 1. The molecule has 0 atom stereocenters. The highest BCUT2D eigenvalue weighted by Crippen LogP contribution is 2.36. The molecule has 6 heteroatoms. The highest BCUT2D eigenvalue weighted by atomic mass is 32.1. The fourth-order valence-corrected chi connectivity index (χ4v) is 4.59. The van der Waals surface area contributed by atoms with E-state index in [4.69, 9.17) is 0 Å². The zero-order valence-electron chi connectivity index (χ0n) is 14.8. The van der Waals surface area contributed by atoms with Crippen molar-refractivity contribution in [2.24, 2.45) is 0 Å². The normalized spacial score (nSPS) is 13.8. The van der Waals surface area contributed by atoms with Crippen molar-refractivity contribution in [3.05, 3.63) is 51.7 Å². The molecule has 3 rings (SSSR count). The summed E-state index contributed by atoms with van der Waals surface area (Å²) in [5.41, 5.74) is 2.30. The largest absolute Gasteiger partial charge is 0.315 e. The first-order chi connectivity index (χ1) is 12.6. The van der Waals surface area contributed by atoms with Crippen LogP contribution < -0.4 is 5.32 Å². The fourth-order valence-electron chi connectivity index (χ4n) is 3.33. The molecule has 4 nitrogen and oxygen atoms in total. The second kappa shape index (κ2) is 8.43. The third-order valence-corrected chi connectivity index (χ3v) is 5.80. The number of fused-ring (bicyclic) bond motifs is 1. The zero-order chi connectivity index (χ0) is 18.5. The number of aryl methyl sites for hydroxylation is 1. The van der Waals surface area contributed by atoms with Crippen LogP contribution in [0.25, 0.3) is 0 Å². The maximum Gasteiger partial charge on any atom is 0.239 e. The molecule has 136 valence electrons. The van der Waals surface area contributed by atoms with Gasteiger partial charge in [-0.3, -0.25) is 9.69 Å². The maximum atomic E-state index is 13.7. The predicted molar refractivity (Wildman–Crippen MR) is 102 cm³/mol. The number of anilines is 1. The summed E-state index contributed by atoms with van der Waals surface area (Å²) in [5, 5.41) is 13.1. The van der Waals surface area contributed by atoms with Crippen molar-refractivity contribution in [1.29, 1.82) is 5.26 Å². The van der Waals surface area contributed by atoms with Crippen molar-refractivity contribution in [3.8, 4) is 6.07 Å². The third kappa shape index (κ3) is 4.29. The Labute approximate surface area is 157 Å². The lowest BCUT2D eigenvalue weighted by molar-refractivity contribution is -0.117. The summed E-state index contributed by atoms with van der Waals surface area (Å²) in [6.45, 7) is 0.494. The van der Waals surface area contributed by atoms with Gasteiger partial charge in [-0.15, -0.1) is 11.3 Å². The molecule has 1 N–H and O–H groups in total. The lowest BCUT2D eigenvalue weighted by Crippen LogP contribution is -2.30. The van der Waals surface area contributed by atoms with Crippen molar-refractivity contribution in [1.82, 2.24) is 4.90 Å². The van der Waals surface area contributed by atoms with Crippen molar-refractivity contribution in [2.45, 2.75) is 38.6 Å². The van der Waals surface area contributed by atoms with Crippen LogP contribution in [0.2, 0.25) is 0 Å². The van der Waals surface area contributed by atoms with Gasteiger partial charge >= 0.3 is 0 Å². The number of likely N-dealkylation sites (N-methyl/N-ethyl adjacent to an activating group) is 1. The van der Waals surface area contributed by atoms with E-state index in [1.165, 1.54) is 28.7 Å². The minimum absolute atomic E-state index is 0.141. The zero-order valence-corrected chi connectivity index (χ0v) is 15.7. The average Bonchev–Trinajstić information content (AvgIpc) is 2.76. The molecule has 0 unspecified atom stereocenters. The summed E-state index contributed by atoms with van der Waals surface area (Å²) in [6, 6.07) is 8.83. The Kier molecular flexibility index (Phi) is 6.02. The number of thiophene rings is 1. The molecule has 0 spiro atoms. The quantitative estimate of drug-likeness (QED) is 0.805. The third-order valence-electron chi connectivity index (χ3n) is 4.60. The number of rotatable bonds is 5. The van der Waals surface area contributed by atoms with E-state index >= 15 is 0 Å². The molecule has 1 heterocycles. The molecule has 1 aromatic heterocycles. The number of nitrogens with one attached hydrogen (secondary N) is 1. The smallest absolute Gasteiger partial charge is 0.239 e. The van der Waals surface area contributed by atoms with Gasteiger partial charge in [0.1, 0.15) is 16.9 Å². The van der Waals surface area contributed by atoms with Crippen molar-refractivity contribution >= 4 is 22.2 Å². The van der Waals surface area contributed by atoms with Crippen LogP contribution in [0.4, 0.5) is 9.39 Å². The molecule has 0 radical (unpaired) electrons. The Morgan fingerprint density at radius 2 is 2.08 bits per heavy atom. The number of halogens is 1. The maximum absolute atomic E-state index is 13.7. The Hall–Kier alpha value is -2.23. The molecule has 26 heavy (non-hydrogen) atoms. The minimum Gasteiger partial charge on any atom is -0.315 e. The minimum atomic E-state index is -0.270. The Bertz CT molecular complexity index is 840. The van der Waals surface area contributed by atoms with Gasteiger partial charge in [0.15, 0.2) is 0 Å². The van der Waals surface area contributed by atoms with Crippen LogP contribution >= 0.6 is 11.3 Å². The molecule has 2 aromatic rings. The van der Waals surface area contributed by atoms with Crippen molar-refractivity contribution < 1.29 is 9.18 Å². The fraction of sp³-hybridized carbons (Fsp3) is 0.400. The molecule has 1 aliphatic carbocycles. The number of amides is 1.